The van der Waals surface area contributed by atoms with E-state index in [1.807, 2.05) is 20.8 Å². The standard InChI is InChI=1S/C51H72ClN3O15/c1-29(26-67-31(3)56)36-23-41(58)51(5)24-37-33(27-64-7)13-15-35(37)30(2)45(61)48(44(36)51)70-50-47(63)49(68-32(4)57)46(62)40(69-50)28-65-20-11-9-8-10-12-42(59)55-19-21-66-39-16-14-34(22-38(39)55)54(18-17-53-6)43(60)25-52/h14,16,22,24,29-30,33,35,40-41,45-50,58,61-63H,8-13,15,17-21,23,25-28H2,1-5,7H3/b37-24-/t29-,30-,33-,35+,40?,41+,45-,46?,47?,48-,49?,50?,51+/m1/s1. The van der Waals surface area contributed by atoms with Crippen LogP contribution in [0.4, 0.5) is 11.4 Å². The van der Waals surface area contributed by atoms with Crippen LogP contribution in [0, 0.1) is 35.7 Å². The minimum Gasteiger partial charge on any atom is -0.490 e. The van der Waals surface area contributed by atoms with Crippen LogP contribution in [0.2, 0.25) is 0 Å². The number of benzene rings is 1. The van der Waals surface area contributed by atoms with E-state index in [1.54, 1.807) is 30.2 Å². The normalized spacial score (nSPS) is 31.7. The fourth-order valence-electron chi connectivity index (χ4n) is 10.9. The zero-order valence-corrected chi connectivity index (χ0v) is 42.0. The molecule has 1 aromatic carbocycles. The Bertz CT molecular complexity index is 2110. The van der Waals surface area contributed by atoms with Crippen molar-refractivity contribution in [1.29, 1.82) is 0 Å². The molecule has 2 aliphatic heterocycles. The molecule has 3 aliphatic carbocycles. The van der Waals surface area contributed by atoms with Gasteiger partial charge in [0, 0.05) is 56.9 Å². The molecule has 1 aromatic rings. The molecular weight excluding hydrogens is 930 g/mol. The van der Waals surface area contributed by atoms with Gasteiger partial charge in [-0.15, -0.1) is 11.6 Å². The summed E-state index contributed by atoms with van der Waals surface area (Å²) in [5.41, 5.74) is 2.47. The molecule has 1 saturated carbocycles. The first-order valence-electron chi connectivity index (χ1n) is 24.6. The summed E-state index contributed by atoms with van der Waals surface area (Å²) in [6.07, 6.45) is -3.70. The maximum atomic E-state index is 13.5. The maximum absolute atomic E-state index is 13.5. The third-order valence-corrected chi connectivity index (χ3v) is 14.9. The van der Waals surface area contributed by atoms with E-state index >= 15 is 0 Å². The van der Waals surface area contributed by atoms with Crippen LogP contribution in [-0.4, -0.2) is 159 Å². The number of rotatable bonds is 21. The Morgan fingerprint density at radius 1 is 1.03 bits per heavy atom. The molecule has 2 amide bonds. The van der Waals surface area contributed by atoms with Gasteiger partial charge in [-0.05, 0) is 74.6 Å². The topological polar surface area (TPSA) is 225 Å². The number of nitrogens with zero attached hydrogens (tertiary/aromatic N) is 3. The Hall–Kier alpha value is -4.16. The summed E-state index contributed by atoms with van der Waals surface area (Å²) in [6, 6.07) is 5.15. The molecule has 4 N–H and O–H groups in total. The second-order valence-electron chi connectivity index (χ2n) is 19.5. The number of halogens is 1. The number of anilines is 2. The van der Waals surface area contributed by atoms with Crippen LogP contribution in [0.15, 0.2) is 41.0 Å². The van der Waals surface area contributed by atoms with Crippen molar-refractivity contribution in [3.05, 3.63) is 52.4 Å². The average Bonchev–Trinajstić information content (AvgIpc) is 3.84. The van der Waals surface area contributed by atoms with Gasteiger partial charge in [0.1, 0.15) is 42.7 Å². The number of hydrogen-bond acceptors (Lipinski definition) is 15. The van der Waals surface area contributed by atoms with E-state index in [9.17, 15) is 39.6 Å². The van der Waals surface area contributed by atoms with Crippen LogP contribution in [-0.2, 0) is 47.6 Å². The molecule has 1 saturated heterocycles. The molecule has 6 rings (SSSR count). The molecule has 0 aromatic heterocycles. The van der Waals surface area contributed by atoms with Gasteiger partial charge in [-0.3, -0.25) is 19.2 Å². The van der Waals surface area contributed by atoms with Crippen molar-refractivity contribution in [2.75, 3.05) is 75.5 Å². The van der Waals surface area contributed by atoms with E-state index in [4.69, 9.17) is 51.3 Å². The summed E-state index contributed by atoms with van der Waals surface area (Å²) in [7, 11) is 1.66. The molecule has 388 valence electrons. The molecule has 18 nitrogen and oxygen atoms in total. The number of aliphatic hydroxyl groups is 4. The number of ether oxygens (including phenoxy) is 7. The molecule has 19 heteroatoms. The van der Waals surface area contributed by atoms with E-state index in [2.05, 4.69) is 10.9 Å². The fraction of sp³-hybridized carbons (Fsp3) is 0.706. The second-order valence-corrected chi connectivity index (χ2v) is 19.7. The number of unbranched alkanes of at least 4 members (excludes halogenated alkanes) is 3. The van der Waals surface area contributed by atoms with Crippen molar-refractivity contribution in [1.82, 2.24) is 0 Å². The number of esters is 2. The molecule has 2 fully saturated rings. The summed E-state index contributed by atoms with van der Waals surface area (Å²) in [5.74, 6) is -2.08. The number of alkyl halides is 1. The highest BCUT2D eigenvalue weighted by molar-refractivity contribution is 6.29. The van der Waals surface area contributed by atoms with E-state index in [-0.39, 0.29) is 87.1 Å². The van der Waals surface area contributed by atoms with Gasteiger partial charge in [0.25, 0.3) is 0 Å². The third kappa shape index (κ3) is 12.5. The predicted molar refractivity (Wildman–Crippen MR) is 257 cm³/mol. The highest BCUT2D eigenvalue weighted by Gasteiger charge is 2.56. The largest absolute Gasteiger partial charge is 0.490 e. The van der Waals surface area contributed by atoms with E-state index < -0.39 is 66.4 Å². The van der Waals surface area contributed by atoms with Crippen molar-refractivity contribution < 1.29 is 72.8 Å². The van der Waals surface area contributed by atoms with Gasteiger partial charge in [-0.2, -0.15) is 0 Å². The Balaban J connectivity index is 1.10. The van der Waals surface area contributed by atoms with E-state index in [0.29, 0.717) is 55.3 Å². The van der Waals surface area contributed by atoms with Crippen LogP contribution >= 0.6 is 11.6 Å². The molecule has 0 radical (unpaired) electrons. The second kappa shape index (κ2) is 25.0. The molecule has 5 unspecified atom stereocenters. The van der Waals surface area contributed by atoms with Gasteiger partial charge < -0.3 is 68.2 Å². The minimum atomic E-state index is -1.69. The van der Waals surface area contributed by atoms with Crippen LogP contribution in [0.25, 0.3) is 4.85 Å². The molecule has 0 spiro atoms. The van der Waals surface area contributed by atoms with E-state index in [0.717, 1.165) is 43.8 Å². The fourth-order valence-corrected chi connectivity index (χ4v) is 11.1. The summed E-state index contributed by atoms with van der Waals surface area (Å²) in [4.78, 5) is 56.8. The first-order valence-corrected chi connectivity index (χ1v) is 25.1. The summed E-state index contributed by atoms with van der Waals surface area (Å²) in [5, 5.41) is 47.6. The number of hydrogen-bond donors (Lipinski definition) is 4. The number of carbonyl (C=O) groups is 4. The average molecular weight is 1000 g/mol. The number of amides is 2. The number of methoxy groups -OCH3 is 1. The van der Waals surface area contributed by atoms with Crippen molar-refractivity contribution in [2.45, 2.75) is 135 Å². The summed E-state index contributed by atoms with van der Waals surface area (Å²) >= 11 is 5.86. The Morgan fingerprint density at radius 3 is 2.49 bits per heavy atom. The predicted octanol–water partition coefficient (Wildman–Crippen LogP) is 4.51. The van der Waals surface area contributed by atoms with Gasteiger partial charge in [-0.25, -0.2) is 6.57 Å². The van der Waals surface area contributed by atoms with Crippen molar-refractivity contribution in [2.24, 2.45) is 29.1 Å². The Labute approximate surface area is 415 Å². The van der Waals surface area contributed by atoms with Gasteiger partial charge >= 0.3 is 11.9 Å². The van der Waals surface area contributed by atoms with Crippen LogP contribution < -0.4 is 14.5 Å². The molecular formula is C51H72ClN3O15. The Morgan fingerprint density at radius 2 is 1.79 bits per heavy atom. The van der Waals surface area contributed by atoms with E-state index in [1.165, 1.54) is 11.8 Å². The first kappa shape index (κ1) is 55.2. The van der Waals surface area contributed by atoms with Gasteiger partial charge in [-0.1, -0.05) is 43.9 Å². The number of fused-ring (bicyclic) bond motifs is 3. The van der Waals surface area contributed by atoms with Crippen molar-refractivity contribution >= 4 is 46.7 Å². The van der Waals surface area contributed by atoms with Crippen LogP contribution in [0.1, 0.15) is 86.0 Å². The lowest BCUT2D eigenvalue weighted by atomic mass is 9.68. The number of carbonyl (C=O) groups excluding carboxylic acids is 4. The molecule has 0 bridgehead atoms. The van der Waals surface area contributed by atoms with Crippen molar-refractivity contribution in [3.8, 4) is 5.75 Å². The zero-order valence-electron chi connectivity index (χ0n) is 41.3. The van der Waals surface area contributed by atoms with Crippen LogP contribution in [0.3, 0.4) is 0 Å². The lowest BCUT2D eigenvalue weighted by Crippen LogP contribution is -2.62. The maximum Gasteiger partial charge on any atom is 0.303 e. The molecule has 70 heavy (non-hydrogen) atoms. The quantitative estimate of drug-likeness (QED) is 0.0437. The smallest absolute Gasteiger partial charge is 0.303 e. The lowest BCUT2D eigenvalue weighted by molar-refractivity contribution is -0.318. The molecule has 13 atom stereocenters. The lowest BCUT2D eigenvalue weighted by Gasteiger charge is -2.46. The van der Waals surface area contributed by atoms with Gasteiger partial charge in [0.15, 0.2) is 12.4 Å². The van der Waals surface area contributed by atoms with Crippen molar-refractivity contribution in [3.63, 3.8) is 0 Å². The monoisotopic (exact) mass is 1000 g/mol. The SMILES string of the molecule is [C-]#[N+]CCN(C(=O)CCl)c1ccc2c(c1)N(C(=O)CCCCCCOCC1OC(O[C@@H]3C4=C([C@H](C)COC(C)=O)C[C@H](O)[C@]4(C)/C=C4/[C@@H](COC)CC[C@H]4[C@@H](C)[C@H]3O)C(O)C(OC(C)=O)C1O)CCO2. The summed E-state index contributed by atoms with van der Waals surface area (Å²) < 4.78 is 41.3. The van der Waals surface area contributed by atoms with Gasteiger partial charge in [0.05, 0.1) is 50.8 Å². The Kier molecular flexibility index (Phi) is 19.7. The van der Waals surface area contributed by atoms with Crippen LogP contribution in [0.5, 0.6) is 5.75 Å². The molecule has 2 heterocycles. The highest BCUT2D eigenvalue weighted by Crippen LogP contribution is 2.56. The molecule has 5 aliphatic rings. The minimum absolute atomic E-state index is 0.0265. The highest BCUT2D eigenvalue weighted by atomic mass is 35.5. The van der Waals surface area contributed by atoms with Gasteiger partial charge in [0.2, 0.25) is 18.4 Å². The summed E-state index contributed by atoms with van der Waals surface area (Å²) in [6.45, 7) is 16.9. The number of aliphatic hydroxyl groups excluding tert-OH is 4. The zero-order chi connectivity index (χ0) is 50.9. The first-order chi connectivity index (χ1) is 33.4. The third-order valence-electron chi connectivity index (χ3n) is 14.7.